The molecule has 2 aliphatic rings. The van der Waals surface area contributed by atoms with E-state index in [0.29, 0.717) is 5.15 Å². The summed E-state index contributed by atoms with van der Waals surface area (Å²) in [7, 11) is 0. The molecule has 0 aromatic carbocycles. The Kier molecular flexibility index (Phi) is 2.81. The predicted molar refractivity (Wildman–Crippen MR) is 66.6 cm³/mol. The molecule has 1 aromatic heterocycles. The second-order valence-corrected chi connectivity index (χ2v) is 5.01. The van der Waals surface area contributed by atoms with Gasteiger partial charge in [0.05, 0.1) is 6.04 Å². The second-order valence-electron chi connectivity index (χ2n) is 4.65. The van der Waals surface area contributed by atoms with E-state index in [1.54, 1.807) is 6.20 Å². The number of hydrogen-bond donors (Lipinski definition) is 1. The highest BCUT2D eigenvalue weighted by molar-refractivity contribution is 6.30. The molecule has 3 heterocycles. The highest BCUT2D eigenvalue weighted by Gasteiger charge is 2.40. The molecular formula is C13H15ClN2O. The van der Waals surface area contributed by atoms with Gasteiger partial charge in [-0.25, -0.2) is 4.98 Å². The fraction of sp³-hybridized carbons (Fsp3) is 0.462. The zero-order valence-corrected chi connectivity index (χ0v) is 10.3. The van der Waals surface area contributed by atoms with Gasteiger partial charge in [-0.3, -0.25) is 0 Å². The van der Waals surface area contributed by atoms with Crippen LogP contribution >= 0.6 is 11.6 Å². The molecular weight excluding hydrogens is 236 g/mol. The van der Waals surface area contributed by atoms with E-state index in [9.17, 15) is 5.11 Å². The molecule has 1 fully saturated rings. The highest BCUT2D eigenvalue weighted by atomic mass is 35.5. The van der Waals surface area contributed by atoms with E-state index in [-0.39, 0.29) is 18.6 Å². The number of halogens is 1. The molecule has 0 radical (unpaired) electrons. The minimum atomic E-state index is 0.190. The van der Waals surface area contributed by atoms with Crippen molar-refractivity contribution in [2.45, 2.75) is 18.9 Å². The fourth-order valence-corrected chi connectivity index (χ4v) is 3.22. The number of rotatable bonds is 2. The van der Waals surface area contributed by atoms with Gasteiger partial charge in [-0.15, -0.1) is 0 Å². The SMILES string of the molecule is OC[C@@H]1CC2=CCCN2[C@@H]1c1cccnc1Cl. The molecule has 1 N–H and O–H groups in total. The zero-order valence-electron chi connectivity index (χ0n) is 9.51. The molecule has 3 nitrogen and oxygen atoms in total. The quantitative estimate of drug-likeness (QED) is 0.819. The number of pyridine rings is 1. The summed E-state index contributed by atoms with van der Waals surface area (Å²) in [5.41, 5.74) is 2.40. The average Bonchev–Trinajstić information content (AvgIpc) is 2.89. The predicted octanol–water partition coefficient (Wildman–Crippen LogP) is 2.38. The summed E-state index contributed by atoms with van der Waals surface area (Å²) in [5.74, 6) is 0.239. The first-order chi connectivity index (χ1) is 8.31. The zero-order chi connectivity index (χ0) is 11.8. The van der Waals surface area contributed by atoms with Crippen LogP contribution in [0.1, 0.15) is 24.4 Å². The van der Waals surface area contributed by atoms with Gasteiger partial charge in [0.15, 0.2) is 0 Å². The van der Waals surface area contributed by atoms with Crippen molar-refractivity contribution in [3.8, 4) is 0 Å². The van der Waals surface area contributed by atoms with Crippen LogP contribution in [0.2, 0.25) is 5.15 Å². The van der Waals surface area contributed by atoms with Crippen molar-refractivity contribution in [1.82, 2.24) is 9.88 Å². The van der Waals surface area contributed by atoms with E-state index in [1.165, 1.54) is 5.70 Å². The van der Waals surface area contributed by atoms with E-state index in [1.807, 2.05) is 12.1 Å². The number of allylic oxidation sites excluding steroid dienone is 1. The molecule has 4 heteroatoms. The number of aliphatic hydroxyl groups excluding tert-OH is 1. The largest absolute Gasteiger partial charge is 0.396 e. The van der Waals surface area contributed by atoms with Crippen molar-refractivity contribution in [3.05, 3.63) is 40.8 Å². The maximum Gasteiger partial charge on any atom is 0.134 e. The lowest BCUT2D eigenvalue weighted by atomic mass is 9.94. The minimum absolute atomic E-state index is 0.190. The Morgan fingerprint density at radius 2 is 2.41 bits per heavy atom. The molecule has 0 aliphatic carbocycles. The Labute approximate surface area is 106 Å². The lowest BCUT2D eigenvalue weighted by Gasteiger charge is -2.27. The van der Waals surface area contributed by atoms with Crippen LogP contribution in [0.5, 0.6) is 0 Å². The third-order valence-electron chi connectivity index (χ3n) is 3.71. The van der Waals surface area contributed by atoms with Crippen LogP contribution in [0.15, 0.2) is 30.1 Å². The molecule has 2 aliphatic heterocycles. The third kappa shape index (κ3) is 1.74. The molecule has 3 rings (SSSR count). The van der Waals surface area contributed by atoms with Crippen LogP contribution in [-0.2, 0) is 0 Å². The number of aliphatic hydroxyl groups is 1. The van der Waals surface area contributed by atoms with Crippen LogP contribution in [0.4, 0.5) is 0 Å². The van der Waals surface area contributed by atoms with Crippen molar-refractivity contribution in [2.24, 2.45) is 5.92 Å². The molecule has 0 amide bonds. The van der Waals surface area contributed by atoms with Gasteiger partial charge in [0.1, 0.15) is 5.15 Å². The van der Waals surface area contributed by atoms with E-state index >= 15 is 0 Å². The van der Waals surface area contributed by atoms with E-state index in [0.717, 1.165) is 24.9 Å². The summed E-state index contributed by atoms with van der Waals surface area (Å²) < 4.78 is 0. The Bertz CT molecular complexity index is 460. The molecule has 0 saturated carbocycles. The van der Waals surface area contributed by atoms with Crippen LogP contribution in [0.3, 0.4) is 0 Å². The van der Waals surface area contributed by atoms with Crippen molar-refractivity contribution >= 4 is 11.6 Å². The minimum Gasteiger partial charge on any atom is -0.396 e. The van der Waals surface area contributed by atoms with Gasteiger partial charge < -0.3 is 10.0 Å². The lowest BCUT2D eigenvalue weighted by Crippen LogP contribution is -2.25. The topological polar surface area (TPSA) is 36.4 Å². The Morgan fingerprint density at radius 3 is 3.18 bits per heavy atom. The summed E-state index contributed by atoms with van der Waals surface area (Å²) in [6.07, 6.45) is 6.02. The van der Waals surface area contributed by atoms with Crippen molar-refractivity contribution in [3.63, 3.8) is 0 Å². The molecule has 2 atom stereocenters. The number of nitrogens with zero attached hydrogens (tertiary/aromatic N) is 2. The maximum absolute atomic E-state index is 9.53. The van der Waals surface area contributed by atoms with Crippen molar-refractivity contribution < 1.29 is 5.11 Å². The molecule has 0 unspecified atom stereocenters. The lowest BCUT2D eigenvalue weighted by molar-refractivity contribution is 0.176. The van der Waals surface area contributed by atoms with Gasteiger partial charge in [0, 0.05) is 36.5 Å². The van der Waals surface area contributed by atoms with E-state index in [4.69, 9.17) is 11.6 Å². The third-order valence-corrected chi connectivity index (χ3v) is 4.03. The second kappa shape index (κ2) is 4.31. The summed E-state index contributed by atoms with van der Waals surface area (Å²) in [5, 5.41) is 10.1. The molecule has 17 heavy (non-hydrogen) atoms. The summed E-state index contributed by atoms with van der Waals surface area (Å²) in [6, 6.07) is 4.12. The van der Waals surface area contributed by atoms with Gasteiger partial charge in [-0.2, -0.15) is 0 Å². The summed E-state index contributed by atoms with van der Waals surface area (Å²) >= 11 is 6.18. The van der Waals surface area contributed by atoms with Crippen LogP contribution in [0, 0.1) is 5.92 Å². The molecule has 1 aromatic rings. The molecule has 90 valence electrons. The summed E-state index contributed by atoms with van der Waals surface area (Å²) in [4.78, 5) is 6.51. The first-order valence-electron chi connectivity index (χ1n) is 5.98. The normalized spacial score (nSPS) is 27.2. The van der Waals surface area contributed by atoms with E-state index in [2.05, 4.69) is 16.0 Å². The van der Waals surface area contributed by atoms with Gasteiger partial charge in [-0.05, 0) is 18.9 Å². The molecule has 0 bridgehead atoms. The van der Waals surface area contributed by atoms with Gasteiger partial charge >= 0.3 is 0 Å². The van der Waals surface area contributed by atoms with Gasteiger partial charge in [-0.1, -0.05) is 23.7 Å². The first-order valence-corrected chi connectivity index (χ1v) is 6.36. The van der Waals surface area contributed by atoms with E-state index < -0.39 is 0 Å². The number of aromatic nitrogens is 1. The maximum atomic E-state index is 9.53. The van der Waals surface area contributed by atoms with Crippen molar-refractivity contribution in [1.29, 1.82) is 0 Å². The van der Waals surface area contributed by atoms with Crippen molar-refractivity contribution in [2.75, 3.05) is 13.2 Å². The van der Waals surface area contributed by atoms with Gasteiger partial charge in [0.2, 0.25) is 0 Å². The Hall–Kier alpha value is -1.06. The first kappa shape index (κ1) is 11.1. The number of fused-ring (bicyclic) bond motifs is 1. The number of hydrogen-bond acceptors (Lipinski definition) is 3. The van der Waals surface area contributed by atoms with Crippen LogP contribution in [-0.4, -0.2) is 28.1 Å². The molecule has 0 spiro atoms. The monoisotopic (exact) mass is 250 g/mol. The van der Waals surface area contributed by atoms with Gasteiger partial charge in [0.25, 0.3) is 0 Å². The van der Waals surface area contributed by atoms with Crippen LogP contribution < -0.4 is 0 Å². The molecule has 1 saturated heterocycles. The summed E-state index contributed by atoms with van der Waals surface area (Å²) in [6.45, 7) is 1.23. The average molecular weight is 251 g/mol. The standard InChI is InChI=1S/C13H15ClN2O/c14-13-11(4-1-5-15-13)12-9(8-17)7-10-3-2-6-16(10)12/h1,3-5,9,12,17H,2,6-8H2/t9-,12-/m0/s1. The highest BCUT2D eigenvalue weighted by Crippen LogP contribution is 2.46. The fourth-order valence-electron chi connectivity index (χ4n) is 2.99. The van der Waals surface area contributed by atoms with Crippen LogP contribution in [0.25, 0.3) is 0 Å². The smallest absolute Gasteiger partial charge is 0.134 e. The Morgan fingerprint density at radius 1 is 1.53 bits per heavy atom. The Balaban J connectivity index is 2.00.